The molecule has 2 atom stereocenters. The highest BCUT2D eigenvalue weighted by Crippen LogP contribution is 2.36. The zero-order valence-electron chi connectivity index (χ0n) is 14.8. The van der Waals surface area contributed by atoms with E-state index in [-0.39, 0.29) is 18.7 Å². The lowest BCUT2D eigenvalue weighted by atomic mass is 9.96. The molecule has 1 aromatic carbocycles. The van der Waals surface area contributed by atoms with Crippen LogP contribution in [-0.2, 0) is 6.54 Å². The van der Waals surface area contributed by atoms with Crippen LogP contribution in [-0.4, -0.2) is 58.8 Å². The highest BCUT2D eigenvalue weighted by Gasteiger charge is 2.41. The summed E-state index contributed by atoms with van der Waals surface area (Å²) in [6, 6.07) is 11.9. The van der Waals surface area contributed by atoms with Crippen LogP contribution in [0.1, 0.15) is 31.2 Å². The summed E-state index contributed by atoms with van der Waals surface area (Å²) in [6.45, 7) is 5.47. The lowest BCUT2D eigenvalue weighted by molar-refractivity contribution is 0.107. The summed E-state index contributed by atoms with van der Waals surface area (Å²) >= 11 is 0. The van der Waals surface area contributed by atoms with Crippen LogP contribution >= 0.6 is 0 Å². The molecule has 0 spiro atoms. The van der Waals surface area contributed by atoms with Crippen LogP contribution in [0, 0.1) is 0 Å². The fraction of sp³-hybridized carbons (Fsp3) is 0.550. The average Bonchev–Trinajstić information content (AvgIpc) is 2.85. The number of hydrogen-bond acceptors (Lipinski definition) is 3. The van der Waals surface area contributed by atoms with Gasteiger partial charge in [-0.05, 0) is 31.2 Å². The lowest BCUT2D eigenvalue weighted by Crippen LogP contribution is -2.53. The molecule has 2 heterocycles. The second-order valence-electron chi connectivity index (χ2n) is 7.12. The van der Waals surface area contributed by atoms with Crippen molar-refractivity contribution in [3.05, 3.63) is 48.6 Å². The molecule has 2 aliphatic heterocycles. The summed E-state index contributed by atoms with van der Waals surface area (Å²) in [5.74, 6) is 0. The van der Waals surface area contributed by atoms with Gasteiger partial charge in [-0.2, -0.15) is 0 Å². The SMILES string of the molecule is C=CCN(CCO)C(=O)NC1CC2CCC(C1)N2Cc1ccccc1. The molecule has 2 amide bonds. The van der Waals surface area contributed by atoms with E-state index in [1.807, 2.05) is 0 Å². The number of urea groups is 1. The Morgan fingerprint density at radius 2 is 1.96 bits per heavy atom. The van der Waals surface area contributed by atoms with Crippen molar-refractivity contribution >= 4 is 6.03 Å². The number of aliphatic hydroxyl groups is 1. The largest absolute Gasteiger partial charge is 0.395 e. The molecule has 2 N–H and O–H groups in total. The van der Waals surface area contributed by atoms with Gasteiger partial charge in [-0.25, -0.2) is 4.79 Å². The number of rotatable bonds is 7. The summed E-state index contributed by atoms with van der Waals surface area (Å²) in [7, 11) is 0. The van der Waals surface area contributed by atoms with Crippen molar-refractivity contribution in [1.82, 2.24) is 15.1 Å². The minimum absolute atomic E-state index is 0.0258. The Kier molecular flexibility index (Phi) is 6.10. The Bertz CT molecular complexity index is 564. The average molecular weight is 343 g/mol. The molecule has 3 rings (SSSR count). The number of carbonyl (C=O) groups is 1. The molecule has 5 nitrogen and oxygen atoms in total. The first-order valence-corrected chi connectivity index (χ1v) is 9.28. The third-order valence-corrected chi connectivity index (χ3v) is 5.43. The monoisotopic (exact) mass is 343 g/mol. The minimum atomic E-state index is -0.0881. The molecular weight excluding hydrogens is 314 g/mol. The highest BCUT2D eigenvalue weighted by molar-refractivity contribution is 5.74. The maximum atomic E-state index is 12.4. The van der Waals surface area contributed by atoms with E-state index < -0.39 is 0 Å². The van der Waals surface area contributed by atoms with Crippen LogP contribution in [0.5, 0.6) is 0 Å². The zero-order valence-corrected chi connectivity index (χ0v) is 14.8. The van der Waals surface area contributed by atoms with Crippen molar-refractivity contribution in [2.75, 3.05) is 19.7 Å². The number of aliphatic hydroxyl groups excluding tert-OH is 1. The second kappa shape index (κ2) is 8.50. The van der Waals surface area contributed by atoms with E-state index in [0.717, 1.165) is 19.4 Å². The highest BCUT2D eigenvalue weighted by atomic mass is 16.3. The number of nitrogens with zero attached hydrogens (tertiary/aromatic N) is 2. The van der Waals surface area contributed by atoms with E-state index >= 15 is 0 Å². The van der Waals surface area contributed by atoms with Gasteiger partial charge in [-0.3, -0.25) is 4.90 Å². The van der Waals surface area contributed by atoms with Gasteiger partial charge in [0.15, 0.2) is 0 Å². The van der Waals surface area contributed by atoms with Crippen LogP contribution in [0.3, 0.4) is 0 Å². The van der Waals surface area contributed by atoms with Crippen LogP contribution in [0.2, 0.25) is 0 Å². The minimum Gasteiger partial charge on any atom is -0.395 e. The van der Waals surface area contributed by atoms with Gasteiger partial charge >= 0.3 is 6.03 Å². The van der Waals surface area contributed by atoms with Crippen molar-refractivity contribution < 1.29 is 9.90 Å². The number of nitrogens with one attached hydrogen (secondary N) is 1. The van der Waals surface area contributed by atoms with E-state index in [1.54, 1.807) is 11.0 Å². The first kappa shape index (κ1) is 18.0. The Morgan fingerprint density at radius 3 is 2.56 bits per heavy atom. The molecule has 0 radical (unpaired) electrons. The number of piperidine rings is 1. The number of benzene rings is 1. The molecule has 0 saturated carbocycles. The number of hydrogen-bond donors (Lipinski definition) is 2. The molecule has 5 heteroatoms. The van der Waals surface area contributed by atoms with Crippen molar-refractivity contribution in [2.45, 2.75) is 50.4 Å². The van der Waals surface area contributed by atoms with Gasteiger partial charge in [0.2, 0.25) is 0 Å². The molecule has 25 heavy (non-hydrogen) atoms. The molecule has 136 valence electrons. The van der Waals surface area contributed by atoms with Crippen molar-refractivity contribution in [3.63, 3.8) is 0 Å². The molecule has 2 aliphatic rings. The molecule has 1 aromatic rings. The van der Waals surface area contributed by atoms with Gasteiger partial charge in [-0.15, -0.1) is 6.58 Å². The van der Waals surface area contributed by atoms with E-state index in [2.05, 4.69) is 47.1 Å². The fourth-order valence-corrected chi connectivity index (χ4v) is 4.26. The quantitative estimate of drug-likeness (QED) is 0.748. The van der Waals surface area contributed by atoms with Crippen molar-refractivity contribution in [2.24, 2.45) is 0 Å². The Morgan fingerprint density at radius 1 is 1.28 bits per heavy atom. The molecule has 0 aromatic heterocycles. The molecule has 2 fully saturated rings. The third kappa shape index (κ3) is 4.41. The van der Waals surface area contributed by atoms with Gasteiger partial charge in [0, 0.05) is 37.8 Å². The van der Waals surface area contributed by atoms with E-state index in [1.165, 1.54) is 18.4 Å². The predicted octanol–water partition coefficient (Wildman–Crippen LogP) is 2.37. The van der Waals surface area contributed by atoms with Crippen LogP contribution < -0.4 is 5.32 Å². The Hall–Kier alpha value is -1.85. The first-order valence-electron chi connectivity index (χ1n) is 9.28. The normalized spacial score (nSPS) is 25.6. The Balaban J connectivity index is 1.56. The van der Waals surface area contributed by atoms with Gasteiger partial charge in [0.1, 0.15) is 0 Å². The zero-order chi connectivity index (χ0) is 17.6. The molecule has 2 saturated heterocycles. The predicted molar refractivity (Wildman–Crippen MR) is 99.2 cm³/mol. The topological polar surface area (TPSA) is 55.8 Å². The van der Waals surface area contributed by atoms with Crippen molar-refractivity contribution in [1.29, 1.82) is 0 Å². The smallest absolute Gasteiger partial charge is 0.317 e. The van der Waals surface area contributed by atoms with E-state index in [9.17, 15) is 4.79 Å². The number of carbonyl (C=O) groups excluding carboxylic acids is 1. The lowest BCUT2D eigenvalue weighted by Gasteiger charge is -2.39. The standard InChI is InChI=1S/C20H29N3O2/c1-2-10-22(11-12-24)20(25)21-17-13-18-8-9-19(14-17)23(18)15-16-6-4-3-5-7-16/h2-7,17-19,24H,1,8-15H2,(H,21,25). The molecular formula is C20H29N3O2. The number of fused-ring (bicyclic) bond motifs is 2. The maximum absolute atomic E-state index is 12.4. The van der Waals surface area contributed by atoms with E-state index in [0.29, 0.717) is 25.2 Å². The van der Waals surface area contributed by atoms with Gasteiger partial charge < -0.3 is 15.3 Å². The molecule has 2 unspecified atom stereocenters. The van der Waals surface area contributed by atoms with Crippen LogP contribution in [0.15, 0.2) is 43.0 Å². The number of amides is 2. The second-order valence-corrected chi connectivity index (χ2v) is 7.12. The van der Waals surface area contributed by atoms with Crippen LogP contribution in [0.4, 0.5) is 4.79 Å². The van der Waals surface area contributed by atoms with Gasteiger partial charge in [-0.1, -0.05) is 36.4 Å². The maximum Gasteiger partial charge on any atom is 0.317 e. The summed E-state index contributed by atoms with van der Waals surface area (Å²) in [6.07, 6.45) is 6.15. The molecule has 0 aliphatic carbocycles. The van der Waals surface area contributed by atoms with Gasteiger partial charge in [0.05, 0.1) is 6.61 Å². The summed E-state index contributed by atoms with van der Waals surface area (Å²) in [5.41, 5.74) is 1.36. The third-order valence-electron chi connectivity index (χ3n) is 5.43. The summed E-state index contributed by atoms with van der Waals surface area (Å²) < 4.78 is 0. The summed E-state index contributed by atoms with van der Waals surface area (Å²) in [5, 5.41) is 12.3. The first-order chi connectivity index (χ1) is 12.2. The molecule has 2 bridgehead atoms. The Labute approximate surface area is 150 Å². The summed E-state index contributed by atoms with van der Waals surface area (Å²) in [4.78, 5) is 16.7. The van der Waals surface area contributed by atoms with Gasteiger partial charge in [0.25, 0.3) is 0 Å². The van der Waals surface area contributed by atoms with Crippen molar-refractivity contribution in [3.8, 4) is 0 Å². The van der Waals surface area contributed by atoms with E-state index in [4.69, 9.17) is 5.11 Å². The fourth-order valence-electron chi connectivity index (χ4n) is 4.26. The van der Waals surface area contributed by atoms with Crippen LogP contribution in [0.25, 0.3) is 0 Å².